The SMILES string of the molecule is CCc1ccc(N2c3ccccc3OC[C@@H]2CO)nc1. The van der Waals surface area contributed by atoms with E-state index < -0.39 is 0 Å². The Morgan fingerprint density at radius 1 is 1.30 bits per heavy atom. The average Bonchev–Trinajstić information content (AvgIpc) is 2.54. The zero-order valence-electron chi connectivity index (χ0n) is 11.5. The Morgan fingerprint density at radius 3 is 2.85 bits per heavy atom. The van der Waals surface area contributed by atoms with Gasteiger partial charge in [0.05, 0.1) is 18.3 Å². The number of pyridine rings is 1. The van der Waals surface area contributed by atoms with Gasteiger partial charge in [-0.2, -0.15) is 0 Å². The van der Waals surface area contributed by atoms with Gasteiger partial charge in [-0.25, -0.2) is 4.98 Å². The average molecular weight is 270 g/mol. The molecule has 0 bridgehead atoms. The molecule has 4 heteroatoms. The summed E-state index contributed by atoms with van der Waals surface area (Å²) in [5.74, 6) is 1.68. The molecule has 0 fully saturated rings. The summed E-state index contributed by atoms with van der Waals surface area (Å²) in [6.45, 7) is 2.60. The molecule has 4 nitrogen and oxygen atoms in total. The molecule has 1 aromatic carbocycles. The van der Waals surface area contributed by atoms with Crippen LogP contribution in [0.15, 0.2) is 42.6 Å². The summed E-state index contributed by atoms with van der Waals surface area (Å²) in [5, 5.41) is 9.60. The minimum atomic E-state index is -0.107. The molecule has 1 N–H and O–H groups in total. The van der Waals surface area contributed by atoms with E-state index in [4.69, 9.17) is 4.74 Å². The third-order valence-electron chi connectivity index (χ3n) is 3.60. The maximum atomic E-state index is 9.60. The highest BCUT2D eigenvalue weighted by Gasteiger charge is 2.28. The van der Waals surface area contributed by atoms with Gasteiger partial charge in [0.1, 0.15) is 18.2 Å². The van der Waals surface area contributed by atoms with E-state index in [2.05, 4.69) is 22.9 Å². The molecule has 0 saturated carbocycles. The van der Waals surface area contributed by atoms with Crippen LogP contribution in [-0.2, 0) is 6.42 Å². The predicted octanol–water partition coefficient (Wildman–Crippen LogP) is 2.54. The van der Waals surface area contributed by atoms with Gasteiger partial charge in [-0.1, -0.05) is 25.1 Å². The molecule has 1 aromatic heterocycles. The van der Waals surface area contributed by atoms with E-state index in [0.717, 1.165) is 23.7 Å². The minimum Gasteiger partial charge on any atom is -0.489 e. The molecule has 1 atom stereocenters. The van der Waals surface area contributed by atoms with Crippen molar-refractivity contribution in [3.63, 3.8) is 0 Å². The number of hydrogen-bond acceptors (Lipinski definition) is 4. The first-order valence-electron chi connectivity index (χ1n) is 6.90. The Labute approximate surface area is 118 Å². The summed E-state index contributed by atoms with van der Waals surface area (Å²) in [4.78, 5) is 6.58. The van der Waals surface area contributed by atoms with E-state index in [-0.39, 0.29) is 12.6 Å². The number of benzene rings is 1. The number of fused-ring (bicyclic) bond motifs is 1. The fraction of sp³-hybridized carbons (Fsp3) is 0.312. The van der Waals surface area contributed by atoms with Gasteiger partial charge in [-0.05, 0) is 30.2 Å². The molecule has 2 aromatic rings. The lowest BCUT2D eigenvalue weighted by atomic mass is 10.1. The van der Waals surface area contributed by atoms with Crippen LogP contribution in [0, 0.1) is 0 Å². The zero-order valence-corrected chi connectivity index (χ0v) is 11.5. The lowest BCUT2D eigenvalue weighted by Gasteiger charge is -2.36. The molecule has 2 heterocycles. The Balaban J connectivity index is 2.03. The van der Waals surface area contributed by atoms with E-state index >= 15 is 0 Å². The van der Waals surface area contributed by atoms with E-state index in [1.54, 1.807) is 0 Å². The predicted molar refractivity (Wildman–Crippen MR) is 78.6 cm³/mol. The second-order valence-corrected chi connectivity index (χ2v) is 4.86. The van der Waals surface area contributed by atoms with Gasteiger partial charge in [0, 0.05) is 6.20 Å². The largest absolute Gasteiger partial charge is 0.489 e. The third kappa shape index (κ3) is 2.23. The molecule has 1 aliphatic rings. The minimum absolute atomic E-state index is 0.0333. The topological polar surface area (TPSA) is 45.6 Å². The zero-order chi connectivity index (χ0) is 13.9. The van der Waals surface area contributed by atoms with Crippen LogP contribution in [0.25, 0.3) is 0 Å². The van der Waals surface area contributed by atoms with Gasteiger partial charge >= 0.3 is 0 Å². The Kier molecular flexibility index (Phi) is 3.56. The summed E-state index contributed by atoms with van der Waals surface area (Å²) < 4.78 is 5.69. The molecule has 0 unspecified atom stereocenters. The molecule has 0 amide bonds. The van der Waals surface area contributed by atoms with Crippen molar-refractivity contribution in [1.82, 2.24) is 4.98 Å². The summed E-state index contributed by atoms with van der Waals surface area (Å²) >= 11 is 0. The normalized spacial score (nSPS) is 17.5. The molecule has 20 heavy (non-hydrogen) atoms. The van der Waals surface area contributed by atoms with E-state index in [1.807, 2.05) is 36.5 Å². The standard InChI is InChI=1S/C16H18N2O2/c1-2-12-7-8-16(17-9-12)18-13(10-19)11-20-15-6-4-3-5-14(15)18/h3-9,13,19H,2,10-11H2,1H3/t13-/m0/s1. The molecule has 0 saturated heterocycles. The Morgan fingerprint density at radius 2 is 2.15 bits per heavy atom. The van der Waals surface area contributed by atoms with Gasteiger partial charge in [0.2, 0.25) is 0 Å². The van der Waals surface area contributed by atoms with Crippen molar-refractivity contribution in [3.8, 4) is 5.75 Å². The maximum absolute atomic E-state index is 9.60. The molecule has 1 aliphatic heterocycles. The van der Waals surface area contributed by atoms with Crippen molar-refractivity contribution in [2.24, 2.45) is 0 Å². The van der Waals surface area contributed by atoms with Crippen LogP contribution in [0.2, 0.25) is 0 Å². The Hall–Kier alpha value is -2.07. The summed E-state index contributed by atoms with van der Waals surface area (Å²) in [7, 11) is 0. The smallest absolute Gasteiger partial charge is 0.143 e. The molecule has 3 rings (SSSR count). The molecule has 0 aliphatic carbocycles. The van der Waals surface area contributed by atoms with Crippen LogP contribution >= 0.6 is 0 Å². The van der Waals surface area contributed by atoms with Gasteiger partial charge in [-0.15, -0.1) is 0 Å². The monoisotopic (exact) mass is 270 g/mol. The molecule has 0 radical (unpaired) electrons. The van der Waals surface area contributed by atoms with Crippen LogP contribution in [0.4, 0.5) is 11.5 Å². The highest BCUT2D eigenvalue weighted by molar-refractivity contribution is 5.69. The van der Waals surface area contributed by atoms with Crippen molar-refractivity contribution in [3.05, 3.63) is 48.2 Å². The number of para-hydroxylation sites is 2. The van der Waals surface area contributed by atoms with Crippen LogP contribution in [0.1, 0.15) is 12.5 Å². The van der Waals surface area contributed by atoms with Crippen molar-refractivity contribution in [1.29, 1.82) is 0 Å². The van der Waals surface area contributed by atoms with Crippen LogP contribution in [-0.4, -0.2) is 29.3 Å². The number of hydrogen-bond donors (Lipinski definition) is 1. The number of aliphatic hydroxyl groups is 1. The van der Waals surface area contributed by atoms with Crippen molar-refractivity contribution in [2.45, 2.75) is 19.4 Å². The number of anilines is 2. The van der Waals surface area contributed by atoms with Gasteiger partial charge in [0.15, 0.2) is 0 Å². The maximum Gasteiger partial charge on any atom is 0.143 e. The third-order valence-corrected chi connectivity index (χ3v) is 3.60. The number of aliphatic hydroxyl groups excluding tert-OH is 1. The quantitative estimate of drug-likeness (QED) is 0.931. The number of aromatic nitrogens is 1. The summed E-state index contributed by atoms with van der Waals surface area (Å²) in [6.07, 6.45) is 2.86. The van der Waals surface area contributed by atoms with Crippen molar-refractivity contribution in [2.75, 3.05) is 18.1 Å². The first kappa shape index (κ1) is 12.9. The molecular weight excluding hydrogens is 252 g/mol. The number of nitrogens with zero attached hydrogens (tertiary/aromatic N) is 2. The fourth-order valence-electron chi connectivity index (χ4n) is 2.45. The van der Waals surface area contributed by atoms with Crippen molar-refractivity contribution < 1.29 is 9.84 Å². The van der Waals surface area contributed by atoms with Crippen LogP contribution < -0.4 is 9.64 Å². The second kappa shape index (κ2) is 5.51. The molecular formula is C16H18N2O2. The first-order chi connectivity index (χ1) is 9.83. The lowest BCUT2D eigenvalue weighted by molar-refractivity contribution is 0.194. The van der Waals surface area contributed by atoms with E-state index in [0.29, 0.717) is 6.61 Å². The van der Waals surface area contributed by atoms with Gasteiger partial charge in [0.25, 0.3) is 0 Å². The van der Waals surface area contributed by atoms with E-state index in [9.17, 15) is 5.11 Å². The highest BCUT2D eigenvalue weighted by atomic mass is 16.5. The summed E-state index contributed by atoms with van der Waals surface area (Å²) in [5.41, 5.74) is 2.16. The molecule has 104 valence electrons. The van der Waals surface area contributed by atoms with Crippen LogP contribution in [0.3, 0.4) is 0 Å². The second-order valence-electron chi connectivity index (χ2n) is 4.86. The number of rotatable bonds is 3. The molecule has 0 spiro atoms. The Bertz CT molecular complexity index is 583. The van der Waals surface area contributed by atoms with E-state index in [1.165, 1.54) is 5.56 Å². The first-order valence-corrected chi connectivity index (χ1v) is 6.90. The van der Waals surface area contributed by atoms with Gasteiger partial charge < -0.3 is 14.7 Å². The number of ether oxygens (including phenoxy) is 1. The van der Waals surface area contributed by atoms with Crippen LogP contribution in [0.5, 0.6) is 5.75 Å². The van der Waals surface area contributed by atoms with Crippen molar-refractivity contribution >= 4 is 11.5 Å². The number of aryl methyl sites for hydroxylation is 1. The summed E-state index contributed by atoms with van der Waals surface area (Å²) in [6, 6.07) is 11.8. The van der Waals surface area contributed by atoms with Gasteiger partial charge in [-0.3, -0.25) is 0 Å². The lowest BCUT2D eigenvalue weighted by Crippen LogP contribution is -2.42. The highest BCUT2D eigenvalue weighted by Crippen LogP contribution is 2.37. The fourth-order valence-corrected chi connectivity index (χ4v) is 2.45.